The maximum absolute atomic E-state index is 12.0. The fourth-order valence-electron chi connectivity index (χ4n) is 3.22. The molecule has 0 radical (unpaired) electrons. The molecule has 7 nitrogen and oxygen atoms in total. The lowest BCUT2D eigenvalue weighted by Gasteiger charge is -2.56. The van der Waals surface area contributed by atoms with Gasteiger partial charge >= 0.3 is 11.9 Å². The zero-order chi connectivity index (χ0) is 14.6. The predicted molar refractivity (Wildman–Crippen MR) is 59.9 cm³/mol. The number of ketones is 1. The average Bonchev–Trinajstić information content (AvgIpc) is 2.52. The minimum Gasteiger partial charge on any atom is -0.469 e. The van der Waals surface area contributed by atoms with E-state index in [0.29, 0.717) is 0 Å². The van der Waals surface area contributed by atoms with Gasteiger partial charge in [-0.15, -0.1) is 0 Å². The van der Waals surface area contributed by atoms with Gasteiger partial charge in [-0.25, -0.2) is 0 Å². The van der Waals surface area contributed by atoms with Crippen LogP contribution < -0.4 is 0 Å². The summed E-state index contributed by atoms with van der Waals surface area (Å²) in [6.45, 7) is 2.89. The van der Waals surface area contributed by atoms with Crippen LogP contribution in [-0.4, -0.2) is 54.4 Å². The Balaban J connectivity index is 2.49. The highest BCUT2D eigenvalue weighted by Gasteiger charge is 2.83. The molecule has 19 heavy (non-hydrogen) atoms. The van der Waals surface area contributed by atoms with E-state index in [1.165, 1.54) is 13.8 Å². The molecule has 1 saturated heterocycles. The molecule has 1 N–H and O–H groups in total. The standard InChI is InChI=1S/C12H16O7/c1-5-8(13)12(16)7(10(15)18-4)6(9(14)17-3)11(12,2)19-5/h5-7,16H,1-4H3/t5?,6?,7?,11-,12+/m1/s1. The van der Waals surface area contributed by atoms with Gasteiger partial charge in [0.1, 0.15) is 23.5 Å². The molecule has 0 aromatic heterocycles. The van der Waals surface area contributed by atoms with Crippen molar-refractivity contribution in [3.8, 4) is 0 Å². The van der Waals surface area contributed by atoms with Crippen molar-refractivity contribution in [3.05, 3.63) is 0 Å². The van der Waals surface area contributed by atoms with E-state index in [-0.39, 0.29) is 0 Å². The van der Waals surface area contributed by atoms with Crippen molar-refractivity contribution in [1.82, 2.24) is 0 Å². The quantitative estimate of drug-likeness (QED) is 0.647. The molecule has 1 saturated carbocycles. The van der Waals surface area contributed by atoms with Crippen LogP contribution in [-0.2, 0) is 28.6 Å². The molecule has 0 aromatic carbocycles. The highest BCUT2D eigenvalue weighted by molar-refractivity contribution is 6.04. The Bertz CT molecular complexity index is 459. The predicted octanol–water partition coefficient (Wildman–Crippen LogP) is -0.944. The Hall–Kier alpha value is -1.47. The molecule has 2 rings (SSSR count). The van der Waals surface area contributed by atoms with Gasteiger partial charge < -0.3 is 19.3 Å². The topological polar surface area (TPSA) is 99.1 Å². The van der Waals surface area contributed by atoms with Crippen LogP contribution in [0.5, 0.6) is 0 Å². The average molecular weight is 272 g/mol. The Kier molecular flexibility index (Phi) is 2.94. The molecule has 106 valence electrons. The van der Waals surface area contributed by atoms with Crippen molar-refractivity contribution in [2.75, 3.05) is 14.2 Å². The number of rotatable bonds is 2. The van der Waals surface area contributed by atoms with Gasteiger partial charge in [0.2, 0.25) is 0 Å². The van der Waals surface area contributed by atoms with E-state index in [2.05, 4.69) is 9.47 Å². The molecule has 1 aliphatic heterocycles. The number of Topliss-reactive ketones (excluding diaryl/α,β-unsaturated/α-hetero) is 1. The molecular formula is C12H16O7. The van der Waals surface area contributed by atoms with E-state index in [1.807, 2.05) is 0 Å². The van der Waals surface area contributed by atoms with E-state index in [4.69, 9.17) is 4.74 Å². The van der Waals surface area contributed by atoms with Crippen LogP contribution in [0, 0.1) is 11.8 Å². The first-order valence-corrected chi connectivity index (χ1v) is 5.85. The van der Waals surface area contributed by atoms with Crippen LogP contribution >= 0.6 is 0 Å². The Morgan fingerprint density at radius 2 is 1.68 bits per heavy atom. The summed E-state index contributed by atoms with van der Waals surface area (Å²) in [6.07, 6.45) is -0.892. The third kappa shape index (κ3) is 1.37. The second-order valence-corrected chi connectivity index (χ2v) is 5.00. The Labute approximate surface area is 109 Å². The summed E-state index contributed by atoms with van der Waals surface area (Å²) in [6, 6.07) is 0. The first kappa shape index (κ1) is 14.0. The number of carbonyl (C=O) groups is 3. The number of fused-ring (bicyclic) bond motifs is 1. The number of ether oxygens (including phenoxy) is 3. The molecule has 1 heterocycles. The van der Waals surface area contributed by atoms with Gasteiger partial charge in [-0.3, -0.25) is 14.4 Å². The molecule has 2 fully saturated rings. The first-order chi connectivity index (χ1) is 8.75. The number of hydrogen-bond acceptors (Lipinski definition) is 7. The SMILES string of the molecule is COC(=O)C1C(C(=O)OC)[C@@]2(C)OC(C)C(=O)[C@@]12O. The summed E-state index contributed by atoms with van der Waals surface area (Å²) < 4.78 is 14.6. The van der Waals surface area contributed by atoms with Gasteiger partial charge in [-0.1, -0.05) is 0 Å². The molecule has 0 spiro atoms. The van der Waals surface area contributed by atoms with E-state index in [1.54, 1.807) is 0 Å². The lowest BCUT2D eigenvalue weighted by Crippen LogP contribution is -2.78. The van der Waals surface area contributed by atoms with Crippen LogP contribution in [0.3, 0.4) is 0 Å². The molecule has 2 aliphatic rings. The zero-order valence-corrected chi connectivity index (χ0v) is 11.1. The van der Waals surface area contributed by atoms with Crippen LogP contribution in [0.1, 0.15) is 13.8 Å². The van der Waals surface area contributed by atoms with Crippen molar-refractivity contribution >= 4 is 17.7 Å². The lowest BCUT2D eigenvalue weighted by molar-refractivity contribution is -0.266. The van der Waals surface area contributed by atoms with Gasteiger partial charge in [0.25, 0.3) is 0 Å². The third-order valence-electron chi connectivity index (χ3n) is 4.21. The Morgan fingerprint density at radius 1 is 1.21 bits per heavy atom. The minimum atomic E-state index is -2.04. The molecule has 5 atom stereocenters. The fraction of sp³-hybridized carbons (Fsp3) is 0.750. The van der Waals surface area contributed by atoms with Crippen LogP contribution in [0.2, 0.25) is 0 Å². The summed E-state index contributed by atoms with van der Waals surface area (Å²) >= 11 is 0. The van der Waals surface area contributed by atoms with Crippen LogP contribution in [0.4, 0.5) is 0 Å². The van der Waals surface area contributed by atoms with Gasteiger partial charge in [0, 0.05) is 0 Å². The number of methoxy groups -OCH3 is 2. The van der Waals surface area contributed by atoms with Gasteiger partial charge in [-0.2, -0.15) is 0 Å². The number of carbonyl (C=O) groups excluding carboxylic acids is 3. The molecule has 0 aromatic rings. The van der Waals surface area contributed by atoms with Gasteiger partial charge in [0.05, 0.1) is 14.2 Å². The summed E-state index contributed by atoms with van der Waals surface area (Å²) in [7, 11) is 2.29. The summed E-state index contributed by atoms with van der Waals surface area (Å²) in [5.41, 5.74) is -3.51. The molecule has 3 unspecified atom stereocenters. The van der Waals surface area contributed by atoms with Crippen LogP contribution in [0.15, 0.2) is 0 Å². The van der Waals surface area contributed by atoms with Crippen molar-refractivity contribution in [1.29, 1.82) is 0 Å². The highest BCUT2D eigenvalue weighted by atomic mass is 16.6. The molecule has 7 heteroatoms. The van der Waals surface area contributed by atoms with Gasteiger partial charge in [-0.05, 0) is 13.8 Å². The van der Waals surface area contributed by atoms with E-state index in [0.717, 1.165) is 14.2 Å². The normalized spacial score (nSPS) is 44.3. The first-order valence-electron chi connectivity index (χ1n) is 5.85. The Morgan fingerprint density at radius 3 is 2.16 bits per heavy atom. The molecule has 1 aliphatic carbocycles. The number of aliphatic hydroxyl groups is 1. The van der Waals surface area contributed by atoms with Gasteiger partial charge in [0.15, 0.2) is 11.4 Å². The number of hydrogen-bond donors (Lipinski definition) is 1. The molecular weight excluding hydrogens is 256 g/mol. The maximum atomic E-state index is 12.0. The largest absolute Gasteiger partial charge is 0.469 e. The summed E-state index contributed by atoms with van der Waals surface area (Å²) in [5, 5.41) is 10.5. The van der Waals surface area contributed by atoms with E-state index in [9.17, 15) is 19.5 Å². The monoisotopic (exact) mass is 272 g/mol. The lowest BCUT2D eigenvalue weighted by atomic mass is 9.50. The van der Waals surface area contributed by atoms with Crippen molar-refractivity contribution in [2.24, 2.45) is 11.8 Å². The summed E-state index contributed by atoms with van der Waals surface area (Å²) in [5.74, 6) is -4.53. The number of esters is 2. The van der Waals surface area contributed by atoms with E-state index < -0.39 is 46.9 Å². The summed E-state index contributed by atoms with van der Waals surface area (Å²) in [4.78, 5) is 35.6. The molecule has 0 bridgehead atoms. The third-order valence-corrected chi connectivity index (χ3v) is 4.21. The minimum absolute atomic E-state index is 0.620. The van der Waals surface area contributed by atoms with Crippen molar-refractivity contribution in [2.45, 2.75) is 31.2 Å². The smallest absolute Gasteiger partial charge is 0.313 e. The molecule has 0 amide bonds. The highest BCUT2D eigenvalue weighted by Crippen LogP contribution is 2.60. The van der Waals surface area contributed by atoms with Crippen LogP contribution in [0.25, 0.3) is 0 Å². The van der Waals surface area contributed by atoms with Crippen molar-refractivity contribution < 1.29 is 33.7 Å². The zero-order valence-electron chi connectivity index (χ0n) is 11.1. The van der Waals surface area contributed by atoms with E-state index >= 15 is 0 Å². The second-order valence-electron chi connectivity index (χ2n) is 5.00. The maximum Gasteiger partial charge on any atom is 0.313 e. The fourth-order valence-corrected chi connectivity index (χ4v) is 3.22. The second kappa shape index (κ2) is 4.01. The van der Waals surface area contributed by atoms with Crippen molar-refractivity contribution in [3.63, 3.8) is 0 Å².